The summed E-state index contributed by atoms with van der Waals surface area (Å²) in [5.41, 5.74) is 2.77. The third-order valence-corrected chi connectivity index (χ3v) is 10.6. The lowest BCUT2D eigenvalue weighted by Gasteiger charge is -2.40. The summed E-state index contributed by atoms with van der Waals surface area (Å²) in [5, 5.41) is 20.9. The van der Waals surface area contributed by atoms with Gasteiger partial charge in [-0.2, -0.15) is 0 Å². The smallest absolute Gasteiger partial charge is 0.403 e. The van der Waals surface area contributed by atoms with E-state index in [1.807, 2.05) is 42.5 Å². The van der Waals surface area contributed by atoms with E-state index in [1.54, 1.807) is 4.68 Å². The number of tetrazole rings is 1. The maximum absolute atomic E-state index is 13.0. The fraction of sp³-hybridized carbons (Fsp3) is 0.366. The highest BCUT2D eigenvalue weighted by Crippen LogP contribution is 2.41. The van der Waals surface area contributed by atoms with Crippen molar-refractivity contribution in [1.82, 2.24) is 30.8 Å². The maximum Gasteiger partial charge on any atom is 0.457 e. The van der Waals surface area contributed by atoms with E-state index >= 15 is 0 Å². The number of hydrogen-bond acceptors (Lipinski definition) is 7. The largest absolute Gasteiger partial charge is 0.457 e. The summed E-state index contributed by atoms with van der Waals surface area (Å²) in [6, 6.07) is 38.7. The Bertz CT molecular complexity index is 1760. The molecule has 1 aliphatic heterocycles. The van der Waals surface area contributed by atoms with Gasteiger partial charge in [-0.15, -0.1) is 5.10 Å². The predicted molar refractivity (Wildman–Crippen MR) is 206 cm³/mol. The van der Waals surface area contributed by atoms with E-state index in [0.29, 0.717) is 23.9 Å². The highest BCUT2D eigenvalue weighted by Gasteiger charge is 2.50. The standard InChI is InChI=1S/C41H48BClN6O3/c1-39(2)40(3,4)52-42(51-39)28-15-14-22-36(38-46-47-48-49(38)29-27-37(50)44-30-31-23-25-35(43)26-24-31)45-41(32-16-8-5-9-17-32,33-18-10-6-11-19-33)34-20-12-7-13-21-34/h5-13,16-21,23-26,36,45H,14-15,22,27-30H2,1-4H3,(H,44,50). The number of nitrogens with one attached hydrogen (secondary N) is 2. The van der Waals surface area contributed by atoms with Crippen molar-refractivity contribution in [2.75, 3.05) is 0 Å². The van der Waals surface area contributed by atoms with Gasteiger partial charge in [0.05, 0.1) is 29.3 Å². The minimum atomic E-state index is -0.743. The molecule has 9 nitrogen and oxygen atoms in total. The van der Waals surface area contributed by atoms with Crippen molar-refractivity contribution in [3.8, 4) is 0 Å². The number of halogens is 1. The van der Waals surface area contributed by atoms with Crippen LogP contribution in [0.3, 0.4) is 0 Å². The zero-order valence-electron chi connectivity index (χ0n) is 30.5. The SMILES string of the molecule is CC1(C)OB(CCCCC(NC(c2ccccc2)(c2ccccc2)c2ccccc2)c2nnnn2CCC(=O)NCc2ccc(Cl)cc2)OC1(C)C. The molecule has 1 atom stereocenters. The summed E-state index contributed by atoms with van der Waals surface area (Å²) in [4.78, 5) is 13.0. The van der Waals surface area contributed by atoms with E-state index in [-0.39, 0.29) is 36.7 Å². The fourth-order valence-corrected chi connectivity index (χ4v) is 6.93. The van der Waals surface area contributed by atoms with Gasteiger partial charge in [0, 0.05) is 18.0 Å². The fourth-order valence-electron chi connectivity index (χ4n) is 6.80. The summed E-state index contributed by atoms with van der Waals surface area (Å²) in [6.45, 7) is 9.08. The second-order valence-corrected chi connectivity index (χ2v) is 14.9. The lowest BCUT2D eigenvalue weighted by Crippen LogP contribution is -2.47. The second-order valence-electron chi connectivity index (χ2n) is 14.4. The van der Waals surface area contributed by atoms with E-state index in [9.17, 15) is 4.79 Å². The van der Waals surface area contributed by atoms with Gasteiger partial charge in [-0.05, 0) is 85.2 Å². The molecule has 270 valence electrons. The quantitative estimate of drug-likeness (QED) is 0.0607. The predicted octanol–water partition coefficient (Wildman–Crippen LogP) is 7.92. The number of unbranched alkanes of at least 4 members (excludes halogenated alkanes) is 1. The van der Waals surface area contributed by atoms with Gasteiger partial charge in [0.2, 0.25) is 5.91 Å². The summed E-state index contributed by atoms with van der Waals surface area (Å²) in [6.07, 6.45) is 3.49. The molecule has 1 amide bonds. The Morgan fingerprint density at radius 1 is 0.808 bits per heavy atom. The molecule has 1 fully saturated rings. The summed E-state index contributed by atoms with van der Waals surface area (Å²) in [7, 11) is -0.259. The molecule has 2 N–H and O–H groups in total. The molecule has 1 saturated heterocycles. The van der Waals surface area contributed by atoms with Gasteiger partial charge >= 0.3 is 7.12 Å². The second kappa shape index (κ2) is 16.5. The zero-order chi connectivity index (χ0) is 36.6. The Labute approximate surface area is 312 Å². The molecular weight excluding hydrogens is 671 g/mol. The molecule has 6 rings (SSSR count). The lowest BCUT2D eigenvalue weighted by atomic mass is 9.76. The van der Waals surface area contributed by atoms with Gasteiger partial charge in [-0.25, -0.2) is 4.68 Å². The first-order valence-corrected chi connectivity index (χ1v) is 18.5. The van der Waals surface area contributed by atoms with Crippen molar-refractivity contribution in [3.63, 3.8) is 0 Å². The van der Waals surface area contributed by atoms with Crippen LogP contribution in [0.2, 0.25) is 11.3 Å². The van der Waals surface area contributed by atoms with Crippen molar-refractivity contribution >= 4 is 24.6 Å². The molecule has 11 heteroatoms. The maximum atomic E-state index is 13.0. The lowest BCUT2D eigenvalue weighted by molar-refractivity contribution is -0.121. The summed E-state index contributed by atoms with van der Waals surface area (Å²) in [5.74, 6) is 0.587. The van der Waals surface area contributed by atoms with Gasteiger partial charge in [0.1, 0.15) is 0 Å². The first-order chi connectivity index (χ1) is 25.1. The van der Waals surface area contributed by atoms with Crippen LogP contribution in [0.25, 0.3) is 0 Å². The number of nitrogens with zero attached hydrogens (tertiary/aromatic N) is 4. The molecule has 0 spiro atoms. The first kappa shape index (κ1) is 37.4. The number of rotatable bonds is 16. The van der Waals surface area contributed by atoms with Crippen LogP contribution in [0, 0.1) is 0 Å². The Morgan fingerprint density at radius 2 is 1.35 bits per heavy atom. The molecule has 0 saturated carbocycles. The van der Waals surface area contributed by atoms with Crippen molar-refractivity contribution < 1.29 is 14.1 Å². The number of aromatic nitrogens is 4. The molecule has 4 aromatic carbocycles. The number of hydrogen-bond donors (Lipinski definition) is 2. The van der Waals surface area contributed by atoms with E-state index < -0.39 is 5.54 Å². The van der Waals surface area contributed by atoms with Gasteiger partial charge < -0.3 is 14.6 Å². The van der Waals surface area contributed by atoms with Crippen LogP contribution in [0.15, 0.2) is 115 Å². The molecule has 52 heavy (non-hydrogen) atoms. The summed E-state index contributed by atoms with van der Waals surface area (Å²) < 4.78 is 14.4. The van der Waals surface area contributed by atoms with E-state index in [2.05, 4.69) is 127 Å². The van der Waals surface area contributed by atoms with Crippen LogP contribution >= 0.6 is 11.6 Å². The average molecular weight is 719 g/mol. The monoisotopic (exact) mass is 718 g/mol. The molecular formula is C41H48BClN6O3. The first-order valence-electron chi connectivity index (χ1n) is 18.1. The third kappa shape index (κ3) is 8.64. The molecule has 1 unspecified atom stereocenters. The van der Waals surface area contributed by atoms with Gasteiger partial charge in [-0.1, -0.05) is 128 Å². The van der Waals surface area contributed by atoms with Crippen molar-refractivity contribution in [1.29, 1.82) is 0 Å². The highest BCUT2D eigenvalue weighted by molar-refractivity contribution is 6.45. The molecule has 1 aromatic heterocycles. The van der Waals surface area contributed by atoms with Crippen LogP contribution in [0.5, 0.6) is 0 Å². The van der Waals surface area contributed by atoms with Crippen molar-refractivity contribution in [2.45, 2.75) is 95.6 Å². The number of aryl methyl sites for hydroxylation is 1. The normalized spacial score (nSPS) is 15.8. The Morgan fingerprint density at radius 3 is 1.88 bits per heavy atom. The van der Waals surface area contributed by atoms with Gasteiger partial charge in [-0.3, -0.25) is 10.1 Å². The van der Waals surface area contributed by atoms with Crippen LogP contribution in [-0.2, 0) is 32.7 Å². The Hall–Kier alpha value is -4.35. The molecule has 5 aromatic rings. The van der Waals surface area contributed by atoms with E-state index in [1.165, 1.54) is 0 Å². The summed E-state index contributed by atoms with van der Waals surface area (Å²) >= 11 is 6.03. The van der Waals surface area contributed by atoms with E-state index in [4.69, 9.17) is 20.9 Å². The molecule has 0 bridgehead atoms. The van der Waals surface area contributed by atoms with Crippen LogP contribution in [-0.4, -0.2) is 44.4 Å². The zero-order valence-corrected chi connectivity index (χ0v) is 31.2. The molecule has 0 radical (unpaired) electrons. The third-order valence-electron chi connectivity index (χ3n) is 10.3. The molecule has 2 heterocycles. The highest BCUT2D eigenvalue weighted by atomic mass is 35.5. The topological polar surface area (TPSA) is 103 Å². The minimum absolute atomic E-state index is 0.0875. The average Bonchev–Trinajstić information content (AvgIpc) is 3.71. The van der Waals surface area contributed by atoms with Crippen LogP contribution in [0.1, 0.15) is 87.5 Å². The number of carbonyl (C=O) groups excluding carboxylic acids is 1. The molecule has 0 aliphatic carbocycles. The van der Waals surface area contributed by atoms with Crippen LogP contribution in [0.4, 0.5) is 0 Å². The minimum Gasteiger partial charge on any atom is -0.403 e. The van der Waals surface area contributed by atoms with Crippen molar-refractivity contribution in [3.05, 3.63) is 148 Å². The molecule has 1 aliphatic rings. The number of carbonyl (C=O) groups is 1. The Kier molecular flexibility index (Phi) is 11.9. The van der Waals surface area contributed by atoms with Gasteiger partial charge in [0.15, 0.2) is 5.82 Å². The van der Waals surface area contributed by atoms with Crippen molar-refractivity contribution in [2.24, 2.45) is 0 Å². The number of amides is 1. The Balaban J connectivity index is 1.28. The van der Waals surface area contributed by atoms with E-state index in [0.717, 1.165) is 47.8 Å². The van der Waals surface area contributed by atoms with Gasteiger partial charge in [0.25, 0.3) is 0 Å². The number of benzene rings is 4. The van der Waals surface area contributed by atoms with Crippen LogP contribution < -0.4 is 10.6 Å².